The fourth-order valence-corrected chi connectivity index (χ4v) is 1.17. The molecular weight excluding hydrogens is 270 g/mol. The molecule has 0 aliphatic carbocycles. The Morgan fingerprint density at radius 2 is 2.05 bits per heavy atom. The van der Waals surface area contributed by atoms with Gasteiger partial charge in [-0.2, -0.15) is 13.2 Å². The second kappa shape index (κ2) is 6.26. The standard InChI is InChI=1S/C11H11F4NO3/c1-2-18-9-5-7(12)3-4-8(9)16-10(17)19-6-11(13,14)15/h3-5H,2,6H2,1H3,(H,16,17). The maximum Gasteiger partial charge on any atom is 0.422 e. The second-order valence-corrected chi connectivity index (χ2v) is 3.39. The highest BCUT2D eigenvalue weighted by atomic mass is 19.4. The predicted molar refractivity (Wildman–Crippen MR) is 58.6 cm³/mol. The Morgan fingerprint density at radius 3 is 2.63 bits per heavy atom. The van der Waals surface area contributed by atoms with E-state index in [4.69, 9.17) is 4.74 Å². The van der Waals surface area contributed by atoms with Gasteiger partial charge in [-0.3, -0.25) is 5.32 Å². The van der Waals surface area contributed by atoms with E-state index in [1.165, 1.54) is 0 Å². The average molecular weight is 281 g/mol. The molecule has 1 amide bonds. The van der Waals surface area contributed by atoms with Gasteiger partial charge in [0.25, 0.3) is 0 Å². The van der Waals surface area contributed by atoms with Crippen molar-refractivity contribution in [3.63, 3.8) is 0 Å². The van der Waals surface area contributed by atoms with Crippen LogP contribution in [0.15, 0.2) is 18.2 Å². The summed E-state index contributed by atoms with van der Waals surface area (Å²) in [7, 11) is 0. The summed E-state index contributed by atoms with van der Waals surface area (Å²) in [4.78, 5) is 11.1. The van der Waals surface area contributed by atoms with E-state index in [0.29, 0.717) is 0 Å². The molecule has 0 bridgehead atoms. The number of hydrogen-bond acceptors (Lipinski definition) is 3. The van der Waals surface area contributed by atoms with Crippen LogP contribution in [-0.2, 0) is 4.74 Å². The lowest BCUT2D eigenvalue weighted by atomic mass is 10.3. The molecule has 0 atom stereocenters. The largest absolute Gasteiger partial charge is 0.492 e. The van der Waals surface area contributed by atoms with E-state index >= 15 is 0 Å². The van der Waals surface area contributed by atoms with E-state index in [-0.39, 0.29) is 18.0 Å². The van der Waals surface area contributed by atoms with Crippen LogP contribution in [0.1, 0.15) is 6.92 Å². The van der Waals surface area contributed by atoms with E-state index < -0.39 is 24.7 Å². The molecule has 0 saturated heterocycles. The van der Waals surface area contributed by atoms with Crippen molar-refractivity contribution in [3.8, 4) is 5.75 Å². The maximum atomic E-state index is 12.9. The van der Waals surface area contributed by atoms with Gasteiger partial charge in [0.2, 0.25) is 0 Å². The van der Waals surface area contributed by atoms with Crippen LogP contribution in [0.5, 0.6) is 5.75 Å². The first kappa shape index (κ1) is 15.1. The lowest BCUT2D eigenvalue weighted by molar-refractivity contribution is -0.159. The minimum absolute atomic E-state index is 0.00598. The maximum absolute atomic E-state index is 12.9. The van der Waals surface area contributed by atoms with Crippen molar-refractivity contribution >= 4 is 11.8 Å². The average Bonchev–Trinajstić information content (AvgIpc) is 2.30. The van der Waals surface area contributed by atoms with Crippen LogP contribution in [0.2, 0.25) is 0 Å². The van der Waals surface area contributed by atoms with E-state index in [1.54, 1.807) is 6.92 Å². The monoisotopic (exact) mass is 281 g/mol. The first-order valence-corrected chi connectivity index (χ1v) is 5.24. The lowest BCUT2D eigenvalue weighted by Crippen LogP contribution is -2.23. The Bertz CT molecular complexity index is 448. The molecule has 0 fully saturated rings. The summed E-state index contributed by atoms with van der Waals surface area (Å²) in [5, 5.41) is 2.04. The number of anilines is 1. The predicted octanol–water partition coefficient (Wildman–Crippen LogP) is 3.34. The molecule has 0 spiro atoms. The zero-order chi connectivity index (χ0) is 14.5. The number of halogens is 4. The normalized spacial score (nSPS) is 11.0. The molecule has 1 aromatic carbocycles. The molecule has 0 heterocycles. The van der Waals surface area contributed by atoms with Crippen LogP contribution in [0.3, 0.4) is 0 Å². The number of carbonyl (C=O) groups excluding carboxylic acids is 1. The topological polar surface area (TPSA) is 47.6 Å². The molecule has 1 rings (SSSR count). The van der Waals surface area contributed by atoms with E-state index in [0.717, 1.165) is 18.2 Å². The number of hydrogen-bond donors (Lipinski definition) is 1. The third-order valence-corrected chi connectivity index (χ3v) is 1.85. The third kappa shape index (κ3) is 5.45. The Balaban J connectivity index is 2.68. The summed E-state index contributed by atoms with van der Waals surface area (Å²) in [6.07, 6.45) is -5.91. The number of ether oxygens (including phenoxy) is 2. The highest BCUT2D eigenvalue weighted by Crippen LogP contribution is 2.25. The summed E-state index contributed by atoms with van der Waals surface area (Å²) in [6, 6.07) is 3.19. The van der Waals surface area contributed by atoms with E-state index in [9.17, 15) is 22.4 Å². The van der Waals surface area contributed by atoms with Crippen molar-refractivity contribution in [3.05, 3.63) is 24.0 Å². The first-order chi connectivity index (χ1) is 8.81. The first-order valence-electron chi connectivity index (χ1n) is 5.24. The van der Waals surface area contributed by atoms with Crippen LogP contribution in [-0.4, -0.2) is 25.5 Å². The molecule has 0 aliphatic rings. The van der Waals surface area contributed by atoms with Gasteiger partial charge in [-0.05, 0) is 19.1 Å². The summed E-state index contributed by atoms with van der Waals surface area (Å²) in [5.74, 6) is -0.593. The molecule has 0 unspecified atom stereocenters. The van der Waals surface area contributed by atoms with Gasteiger partial charge >= 0.3 is 12.3 Å². The summed E-state index contributed by atoms with van der Waals surface area (Å²) >= 11 is 0. The van der Waals surface area contributed by atoms with Crippen LogP contribution in [0, 0.1) is 5.82 Å². The molecule has 19 heavy (non-hydrogen) atoms. The molecule has 1 N–H and O–H groups in total. The highest BCUT2D eigenvalue weighted by Gasteiger charge is 2.29. The number of benzene rings is 1. The van der Waals surface area contributed by atoms with Crippen LogP contribution in [0.25, 0.3) is 0 Å². The highest BCUT2D eigenvalue weighted by molar-refractivity contribution is 5.86. The molecule has 0 aliphatic heterocycles. The van der Waals surface area contributed by atoms with Crippen molar-refractivity contribution in [2.24, 2.45) is 0 Å². The zero-order valence-electron chi connectivity index (χ0n) is 9.88. The van der Waals surface area contributed by atoms with Gasteiger partial charge in [0.15, 0.2) is 6.61 Å². The van der Waals surface area contributed by atoms with Crippen molar-refractivity contribution in [1.82, 2.24) is 0 Å². The molecule has 0 aromatic heterocycles. The van der Waals surface area contributed by atoms with E-state index in [1.807, 2.05) is 5.32 Å². The van der Waals surface area contributed by atoms with Gasteiger partial charge in [-0.25, -0.2) is 9.18 Å². The van der Waals surface area contributed by atoms with Crippen LogP contribution >= 0.6 is 0 Å². The Hall–Kier alpha value is -1.99. The van der Waals surface area contributed by atoms with Crippen molar-refractivity contribution in [2.75, 3.05) is 18.5 Å². The minimum Gasteiger partial charge on any atom is -0.492 e. The lowest BCUT2D eigenvalue weighted by Gasteiger charge is -2.12. The number of nitrogens with one attached hydrogen (secondary N) is 1. The van der Waals surface area contributed by atoms with Crippen LogP contribution in [0.4, 0.5) is 28.0 Å². The number of carbonyl (C=O) groups is 1. The molecule has 0 radical (unpaired) electrons. The Kier molecular flexibility index (Phi) is 4.96. The minimum atomic E-state index is -4.61. The molecule has 106 valence electrons. The number of alkyl halides is 3. The second-order valence-electron chi connectivity index (χ2n) is 3.39. The summed E-state index contributed by atoms with van der Waals surface area (Å²) in [6.45, 7) is 0.135. The Labute approximate surface area is 106 Å². The zero-order valence-corrected chi connectivity index (χ0v) is 9.88. The van der Waals surface area contributed by atoms with E-state index in [2.05, 4.69) is 4.74 Å². The molecule has 8 heteroatoms. The van der Waals surface area contributed by atoms with Gasteiger partial charge in [-0.15, -0.1) is 0 Å². The van der Waals surface area contributed by atoms with Crippen LogP contribution < -0.4 is 10.1 Å². The quantitative estimate of drug-likeness (QED) is 0.861. The number of amides is 1. The van der Waals surface area contributed by atoms with Gasteiger partial charge in [-0.1, -0.05) is 0 Å². The molecular formula is C11H11F4NO3. The summed E-state index contributed by atoms with van der Waals surface area (Å²) < 4.78 is 57.4. The van der Waals surface area contributed by atoms with Gasteiger partial charge in [0.1, 0.15) is 11.6 Å². The van der Waals surface area contributed by atoms with Gasteiger partial charge in [0.05, 0.1) is 12.3 Å². The summed E-state index contributed by atoms with van der Waals surface area (Å²) in [5.41, 5.74) is 0.0235. The molecule has 1 aromatic rings. The van der Waals surface area contributed by atoms with Crippen molar-refractivity contribution in [2.45, 2.75) is 13.1 Å². The smallest absolute Gasteiger partial charge is 0.422 e. The van der Waals surface area contributed by atoms with Crippen molar-refractivity contribution in [1.29, 1.82) is 0 Å². The van der Waals surface area contributed by atoms with Gasteiger partial charge in [0, 0.05) is 6.07 Å². The van der Waals surface area contributed by atoms with Gasteiger partial charge < -0.3 is 9.47 Å². The molecule has 0 saturated carbocycles. The van der Waals surface area contributed by atoms with Crippen molar-refractivity contribution < 1.29 is 31.8 Å². The fraction of sp³-hybridized carbons (Fsp3) is 0.364. The fourth-order valence-electron chi connectivity index (χ4n) is 1.17. The number of rotatable bonds is 4. The Morgan fingerprint density at radius 1 is 1.37 bits per heavy atom. The third-order valence-electron chi connectivity index (χ3n) is 1.85. The SMILES string of the molecule is CCOc1cc(F)ccc1NC(=O)OCC(F)(F)F. The molecule has 4 nitrogen and oxygen atoms in total.